The van der Waals surface area contributed by atoms with E-state index >= 15 is 0 Å². The summed E-state index contributed by atoms with van der Waals surface area (Å²) in [6, 6.07) is 13.4. The molecule has 6 nitrogen and oxygen atoms in total. The monoisotopic (exact) mass is 431 g/mol. The van der Waals surface area contributed by atoms with E-state index in [1.165, 1.54) is 16.2 Å². The number of benzene rings is 2. The molecule has 4 aromatic rings. The van der Waals surface area contributed by atoms with Crippen LogP contribution in [0.3, 0.4) is 0 Å². The van der Waals surface area contributed by atoms with Crippen molar-refractivity contribution in [3.8, 4) is 0 Å². The minimum atomic E-state index is -0.495. The van der Waals surface area contributed by atoms with E-state index in [9.17, 15) is 9.59 Å². The number of rotatable bonds is 3. The number of hydrazone groups is 1. The second-order valence-electron chi connectivity index (χ2n) is 7.73. The second-order valence-corrected chi connectivity index (χ2v) is 8.87. The molecule has 0 bridgehead atoms. The molecule has 1 aliphatic rings. The Balaban J connectivity index is 1.50. The third kappa shape index (κ3) is 3.41. The van der Waals surface area contributed by atoms with Gasteiger partial charge in [-0.15, -0.1) is 11.3 Å². The number of aryl methyl sites for hydroxylation is 1. The molecule has 0 atom stereocenters. The molecule has 2 aromatic carbocycles. The summed E-state index contributed by atoms with van der Waals surface area (Å²) in [7, 11) is 0. The van der Waals surface area contributed by atoms with Gasteiger partial charge in [0.05, 0.1) is 21.8 Å². The third-order valence-electron chi connectivity index (χ3n) is 5.78. The Kier molecular flexibility index (Phi) is 4.82. The molecule has 0 fully saturated rings. The Morgan fingerprint density at radius 3 is 2.81 bits per heavy atom. The Labute approximate surface area is 182 Å². The lowest BCUT2D eigenvalue weighted by atomic mass is 9.95. The third-order valence-corrected chi connectivity index (χ3v) is 6.90. The van der Waals surface area contributed by atoms with E-state index in [0.717, 1.165) is 47.4 Å². The fourth-order valence-electron chi connectivity index (χ4n) is 4.21. The number of nitrogens with one attached hydrogen (secondary N) is 1. The van der Waals surface area contributed by atoms with Crippen LogP contribution in [0.15, 0.2) is 56.8 Å². The van der Waals surface area contributed by atoms with Crippen LogP contribution in [0.1, 0.15) is 46.1 Å². The van der Waals surface area contributed by atoms with Crippen molar-refractivity contribution in [3.05, 3.63) is 74.5 Å². The minimum Gasteiger partial charge on any atom is -0.422 e. The summed E-state index contributed by atoms with van der Waals surface area (Å²) >= 11 is 1.48. The number of anilines is 1. The SMILES string of the molecule is C/C(=N\NC(=O)c1c(N)sc2c1CCCC2)c1cc2c(ccc3ccccc32)oc1=O. The summed E-state index contributed by atoms with van der Waals surface area (Å²) in [6.45, 7) is 1.68. The molecule has 1 amide bonds. The first kappa shape index (κ1) is 19.5. The van der Waals surface area contributed by atoms with Gasteiger partial charge < -0.3 is 10.2 Å². The van der Waals surface area contributed by atoms with Gasteiger partial charge >= 0.3 is 5.63 Å². The summed E-state index contributed by atoms with van der Waals surface area (Å²) in [5.74, 6) is -0.341. The lowest BCUT2D eigenvalue weighted by Gasteiger charge is -2.12. The zero-order valence-electron chi connectivity index (χ0n) is 17.0. The van der Waals surface area contributed by atoms with E-state index in [0.29, 0.717) is 27.4 Å². The molecule has 5 rings (SSSR count). The number of fused-ring (bicyclic) bond motifs is 4. The van der Waals surface area contributed by atoms with E-state index < -0.39 is 5.63 Å². The zero-order valence-corrected chi connectivity index (χ0v) is 17.8. The van der Waals surface area contributed by atoms with Crippen LogP contribution >= 0.6 is 11.3 Å². The smallest absolute Gasteiger partial charge is 0.345 e. The fraction of sp³-hybridized carbons (Fsp3) is 0.208. The van der Waals surface area contributed by atoms with Crippen molar-refractivity contribution < 1.29 is 9.21 Å². The quantitative estimate of drug-likeness (QED) is 0.214. The van der Waals surface area contributed by atoms with Crippen molar-refractivity contribution in [2.75, 3.05) is 5.73 Å². The Morgan fingerprint density at radius 1 is 1.13 bits per heavy atom. The number of thiophene rings is 1. The van der Waals surface area contributed by atoms with E-state index in [1.807, 2.05) is 30.3 Å². The molecule has 0 unspecified atom stereocenters. The first-order valence-corrected chi connectivity index (χ1v) is 11.0. The number of nitrogen functional groups attached to an aromatic ring is 1. The molecule has 7 heteroatoms. The number of nitrogens with two attached hydrogens (primary N) is 1. The van der Waals surface area contributed by atoms with Gasteiger partial charge in [0.1, 0.15) is 5.58 Å². The highest BCUT2D eigenvalue weighted by molar-refractivity contribution is 7.16. The molecule has 3 N–H and O–H groups in total. The predicted octanol–water partition coefficient (Wildman–Crippen LogP) is 4.62. The van der Waals surface area contributed by atoms with Crippen LogP contribution < -0.4 is 16.8 Å². The van der Waals surface area contributed by atoms with E-state index in [4.69, 9.17) is 10.2 Å². The summed E-state index contributed by atoms with van der Waals surface area (Å²) < 4.78 is 5.53. The van der Waals surface area contributed by atoms with Crippen molar-refractivity contribution in [2.24, 2.45) is 5.10 Å². The Bertz CT molecular complexity index is 1430. The van der Waals surface area contributed by atoms with Gasteiger partial charge in [-0.1, -0.05) is 30.3 Å². The number of carbonyl (C=O) groups is 1. The normalized spacial score (nSPS) is 14.0. The molecule has 2 aromatic heterocycles. The predicted molar refractivity (Wildman–Crippen MR) is 125 cm³/mol. The van der Waals surface area contributed by atoms with Gasteiger partial charge in [0, 0.05) is 10.3 Å². The summed E-state index contributed by atoms with van der Waals surface area (Å²) in [5, 5.41) is 7.58. The molecule has 2 heterocycles. The van der Waals surface area contributed by atoms with Crippen molar-refractivity contribution in [1.29, 1.82) is 0 Å². The number of amides is 1. The van der Waals surface area contributed by atoms with Gasteiger partial charge in [-0.05, 0) is 61.1 Å². The second kappa shape index (κ2) is 7.67. The zero-order chi connectivity index (χ0) is 21.5. The van der Waals surface area contributed by atoms with Crippen LogP contribution in [0.25, 0.3) is 21.7 Å². The van der Waals surface area contributed by atoms with E-state index in [1.54, 1.807) is 19.1 Å². The van der Waals surface area contributed by atoms with Gasteiger partial charge in [-0.25, -0.2) is 10.2 Å². The number of nitrogens with zero attached hydrogens (tertiary/aromatic N) is 1. The van der Waals surface area contributed by atoms with Crippen molar-refractivity contribution in [2.45, 2.75) is 32.6 Å². The van der Waals surface area contributed by atoms with Crippen molar-refractivity contribution in [3.63, 3.8) is 0 Å². The number of hydrogen-bond acceptors (Lipinski definition) is 6. The van der Waals surface area contributed by atoms with Crippen LogP contribution in [-0.2, 0) is 12.8 Å². The Morgan fingerprint density at radius 2 is 1.94 bits per heavy atom. The molecule has 0 saturated carbocycles. The van der Waals surface area contributed by atoms with Crippen molar-refractivity contribution >= 4 is 49.7 Å². The van der Waals surface area contributed by atoms with Crippen LogP contribution in [0.2, 0.25) is 0 Å². The highest BCUT2D eigenvalue weighted by Gasteiger charge is 2.24. The van der Waals surface area contributed by atoms with E-state index in [2.05, 4.69) is 10.5 Å². The van der Waals surface area contributed by atoms with Crippen LogP contribution in [-0.4, -0.2) is 11.6 Å². The average Bonchev–Trinajstić information content (AvgIpc) is 3.12. The maximum absolute atomic E-state index is 12.8. The van der Waals surface area contributed by atoms with Gasteiger partial charge in [0.25, 0.3) is 5.91 Å². The lowest BCUT2D eigenvalue weighted by molar-refractivity contribution is 0.0955. The summed E-state index contributed by atoms with van der Waals surface area (Å²) in [4.78, 5) is 26.6. The van der Waals surface area contributed by atoms with E-state index in [-0.39, 0.29) is 5.91 Å². The average molecular weight is 432 g/mol. The lowest BCUT2D eigenvalue weighted by Crippen LogP contribution is -2.23. The molecule has 0 radical (unpaired) electrons. The molecule has 0 aliphatic heterocycles. The fourth-order valence-corrected chi connectivity index (χ4v) is 5.37. The largest absolute Gasteiger partial charge is 0.422 e. The maximum atomic E-state index is 12.8. The highest BCUT2D eigenvalue weighted by Crippen LogP contribution is 2.36. The molecular formula is C24H21N3O3S. The highest BCUT2D eigenvalue weighted by atomic mass is 32.1. The molecule has 0 saturated heterocycles. The van der Waals surface area contributed by atoms with Gasteiger partial charge in [0.2, 0.25) is 0 Å². The van der Waals surface area contributed by atoms with Crippen LogP contribution in [0, 0.1) is 0 Å². The minimum absolute atomic E-state index is 0.310. The Hall–Kier alpha value is -3.45. The topological polar surface area (TPSA) is 97.7 Å². The molecule has 156 valence electrons. The molecule has 1 aliphatic carbocycles. The summed E-state index contributed by atoms with van der Waals surface area (Å²) in [6.07, 6.45) is 4.00. The van der Waals surface area contributed by atoms with Crippen LogP contribution in [0.5, 0.6) is 0 Å². The summed E-state index contributed by atoms with van der Waals surface area (Å²) in [5.41, 5.74) is 11.0. The van der Waals surface area contributed by atoms with Crippen LogP contribution in [0.4, 0.5) is 5.00 Å². The first-order valence-electron chi connectivity index (χ1n) is 10.2. The van der Waals surface area contributed by atoms with Gasteiger partial charge in [-0.3, -0.25) is 4.79 Å². The van der Waals surface area contributed by atoms with Gasteiger partial charge in [0.15, 0.2) is 0 Å². The standard InChI is InChI=1S/C24H21N3O3S/c1-13(26-27-23(28)21-16-8-4-5-9-20(16)31-22(21)25)17-12-18-15-7-3-2-6-14(15)10-11-19(18)30-24(17)29/h2-3,6-7,10-12H,4-5,8-9,25H2,1H3,(H,27,28)/b26-13+. The number of hydrogen-bond donors (Lipinski definition) is 2. The maximum Gasteiger partial charge on any atom is 0.345 e. The van der Waals surface area contributed by atoms with Crippen molar-refractivity contribution in [1.82, 2.24) is 5.43 Å². The first-order chi connectivity index (χ1) is 15.0. The number of carbonyl (C=O) groups excluding carboxylic acids is 1. The molecule has 31 heavy (non-hydrogen) atoms. The molecular weight excluding hydrogens is 410 g/mol. The molecule has 0 spiro atoms. The van der Waals surface area contributed by atoms with Gasteiger partial charge in [-0.2, -0.15) is 5.10 Å².